The molecule has 6 heteroatoms. The van der Waals surface area contributed by atoms with E-state index in [1.54, 1.807) is 25.3 Å². The van der Waals surface area contributed by atoms with Crippen molar-refractivity contribution in [3.05, 3.63) is 18.2 Å². The number of benzene rings is 1. The van der Waals surface area contributed by atoms with Gasteiger partial charge in [-0.3, -0.25) is 9.59 Å². The van der Waals surface area contributed by atoms with Gasteiger partial charge in [0.05, 0.1) is 12.8 Å². The summed E-state index contributed by atoms with van der Waals surface area (Å²) in [6, 6.07) is 5.18. The van der Waals surface area contributed by atoms with Crippen LogP contribution in [0.4, 0.5) is 11.4 Å². The van der Waals surface area contributed by atoms with Crippen LogP contribution in [0.15, 0.2) is 18.2 Å². The molecule has 2 rings (SSSR count). The van der Waals surface area contributed by atoms with E-state index in [1.807, 2.05) is 6.92 Å². The zero-order valence-corrected chi connectivity index (χ0v) is 14.6. The molecule has 0 spiro atoms. The predicted octanol–water partition coefficient (Wildman–Crippen LogP) is 2.90. The summed E-state index contributed by atoms with van der Waals surface area (Å²) in [6.07, 6.45) is 5.73. The molecular formula is C18H27N3O3. The van der Waals surface area contributed by atoms with Crippen molar-refractivity contribution < 1.29 is 14.3 Å². The molecule has 1 fully saturated rings. The predicted molar refractivity (Wildman–Crippen MR) is 95.4 cm³/mol. The van der Waals surface area contributed by atoms with Gasteiger partial charge >= 0.3 is 0 Å². The molecule has 0 heterocycles. The number of rotatable bonds is 6. The second-order valence-electron chi connectivity index (χ2n) is 6.31. The molecule has 1 aliphatic rings. The fourth-order valence-corrected chi connectivity index (χ4v) is 2.97. The van der Waals surface area contributed by atoms with Crippen LogP contribution in [0.3, 0.4) is 0 Å². The lowest BCUT2D eigenvalue weighted by molar-refractivity contribution is -0.122. The SMILES string of the molecule is COc1ccc(NC(C)=O)cc1NC(C)C(=O)NC1CCCCC1. The van der Waals surface area contributed by atoms with Crippen LogP contribution in [-0.2, 0) is 9.59 Å². The highest BCUT2D eigenvalue weighted by molar-refractivity contribution is 5.90. The van der Waals surface area contributed by atoms with Gasteiger partial charge in [0, 0.05) is 18.7 Å². The third-order valence-corrected chi connectivity index (χ3v) is 4.24. The number of anilines is 2. The molecule has 1 saturated carbocycles. The van der Waals surface area contributed by atoms with Crippen molar-refractivity contribution in [2.75, 3.05) is 17.7 Å². The molecule has 0 aliphatic heterocycles. The molecule has 0 saturated heterocycles. The Bertz CT molecular complexity index is 583. The first kappa shape index (κ1) is 18.1. The molecule has 6 nitrogen and oxygen atoms in total. The van der Waals surface area contributed by atoms with Crippen LogP contribution in [-0.4, -0.2) is 31.0 Å². The molecule has 0 aromatic heterocycles. The van der Waals surface area contributed by atoms with Gasteiger partial charge in [0.15, 0.2) is 0 Å². The minimum absolute atomic E-state index is 0.0196. The molecule has 1 aliphatic carbocycles. The molecule has 0 radical (unpaired) electrons. The second-order valence-corrected chi connectivity index (χ2v) is 6.31. The summed E-state index contributed by atoms with van der Waals surface area (Å²) in [7, 11) is 1.57. The van der Waals surface area contributed by atoms with Crippen LogP contribution < -0.4 is 20.7 Å². The highest BCUT2D eigenvalue weighted by atomic mass is 16.5. The lowest BCUT2D eigenvalue weighted by Crippen LogP contribution is -2.44. The molecule has 0 bridgehead atoms. The number of ether oxygens (including phenoxy) is 1. The Morgan fingerprint density at radius 1 is 1.21 bits per heavy atom. The number of amides is 2. The molecule has 132 valence electrons. The third-order valence-electron chi connectivity index (χ3n) is 4.24. The topological polar surface area (TPSA) is 79.5 Å². The Balaban J connectivity index is 2.01. The van der Waals surface area contributed by atoms with Gasteiger partial charge in [0.2, 0.25) is 11.8 Å². The summed E-state index contributed by atoms with van der Waals surface area (Å²) in [6.45, 7) is 3.28. The highest BCUT2D eigenvalue weighted by Gasteiger charge is 2.20. The number of carbonyl (C=O) groups excluding carboxylic acids is 2. The van der Waals surface area contributed by atoms with E-state index >= 15 is 0 Å². The lowest BCUT2D eigenvalue weighted by atomic mass is 9.95. The van der Waals surface area contributed by atoms with E-state index in [0.29, 0.717) is 17.1 Å². The van der Waals surface area contributed by atoms with E-state index in [4.69, 9.17) is 4.74 Å². The van der Waals surface area contributed by atoms with Crippen LogP contribution in [0.2, 0.25) is 0 Å². The standard InChI is InChI=1S/C18H27N3O3/c1-12(18(23)21-14-7-5-4-6-8-14)19-16-11-15(20-13(2)22)9-10-17(16)24-3/h9-12,14,19H,4-8H2,1-3H3,(H,20,22)(H,21,23). The summed E-state index contributed by atoms with van der Waals surface area (Å²) >= 11 is 0. The Labute approximate surface area is 143 Å². The molecule has 1 aromatic rings. The van der Waals surface area contributed by atoms with Gasteiger partial charge in [-0.25, -0.2) is 0 Å². The minimum atomic E-state index is -0.395. The number of carbonyl (C=O) groups is 2. The summed E-state index contributed by atoms with van der Waals surface area (Å²) < 4.78 is 5.33. The molecule has 2 amide bonds. The summed E-state index contributed by atoms with van der Waals surface area (Å²) in [4.78, 5) is 23.6. The first-order valence-electron chi connectivity index (χ1n) is 8.52. The van der Waals surface area contributed by atoms with E-state index in [0.717, 1.165) is 12.8 Å². The van der Waals surface area contributed by atoms with Crippen molar-refractivity contribution in [1.82, 2.24) is 5.32 Å². The van der Waals surface area contributed by atoms with Gasteiger partial charge in [-0.05, 0) is 38.0 Å². The van der Waals surface area contributed by atoms with E-state index < -0.39 is 6.04 Å². The minimum Gasteiger partial charge on any atom is -0.495 e. The Hall–Kier alpha value is -2.24. The van der Waals surface area contributed by atoms with Gasteiger partial charge in [-0.15, -0.1) is 0 Å². The van der Waals surface area contributed by atoms with Crippen molar-refractivity contribution >= 4 is 23.2 Å². The average Bonchev–Trinajstić information content (AvgIpc) is 2.55. The zero-order valence-electron chi connectivity index (χ0n) is 14.6. The van der Waals surface area contributed by atoms with Gasteiger partial charge < -0.3 is 20.7 Å². The summed E-state index contributed by atoms with van der Waals surface area (Å²) in [5, 5.41) is 9.02. The Morgan fingerprint density at radius 3 is 2.54 bits per heavy atom. The fourth-order valence-electron chi connectivity index (χ4n) is 2.97. The first-order valence-corrected chi connectivity index (χ1v) is 8.52. The second kappa shape index (κ2) is 8.57. The largest absolute Gasteiger partial charge is 0.495 e. The van der Waals surface area contributed by atoms with E-state index in [2.05, 4.69) is 16.0 Å². The van der Waals surface area contributed by atoms with Crippen molar-refractivity contribution in [2.45, 2.75) is 58.0 Å². The number of methoxy groups -OCH3 is 1. The lowest BCUT2D eigenvalue weighted by Gasteiger charge is -2.25. The molecular weight excluding hydrogens is 306 g/mol. The average molecular weight is 333 g/mol. The summed E-state index contributed by atoms with van der Waals surface area (Å²) in [5.74, 6) is 0.463. The van der Waals surface area contributed by atoms with Crippen LogP contribution in [0.5, 0.6) is 5.75 Å². The zero-order chi connectivity index (χ0) is 17.5. The van der Waals surface area contributed by atoms with E-state index in [1.165, 1.54) is 26.2 Å². The highest BCUT2D eigenvalue weighted by Crippen LogP contribution is 2.28. The van der Waals surface area contributed by atoms with Crippen molar-refractivity contribution in [3.63, 3.8) is 0 Å². The molecule has 24 heavy (non-hydrogen) atoms. The smallest absolute Gasteiger partial charge is 0.242 e. The maximum Gasteiger partial charge on any atom is 0.242 e. The van der Waals surface area contributed by atoms with Crippen LogP contribution in [0.25, 0.3) is 0 Å². The van der Waals surface area contributed by atoms with Crippen LogP contribution in [0, 0.1) is 0 Å². The van der Waals surface area contributed by atoms with Crippen LogP contribution in [0.1, 0.15) is 46.0 Å². The van der Waals surface area contributed by atoms with E-state index in [-0.39, 0.29) is 17.9 Å². The molecule has 1 aromatic carbocycles. The molecule has 3 N–H and O–H groups in total. The van der Waals surface area contributed by atoms with Crippen LogP contribution >= 0.6 is 0 Å². The maximum absolute atomic E-state index is 12.4. The normalized spacial score (nSPS) is 16.1. The molecule has 1 unspecified atom stereocenters. The Kier molecular flexibility index (Phi) is 6.46. The first-order chi connectivity index (χ1) is 11.5. The van der Waals surface area contributed by atoms with Crippen molar-refractivity contribution in [1.29, 1.82) is 0 Å². The number of nitrogens with one attached hydrogen (secondary N) is 3. The third kappa shape index (κ3) is 5.15. The van der Waals surface area contributed by atoms with Crippen molar-refractivity contribution in [2.24, 2.45) is 0 Å². The molecule has 1 atom stereocenters. The number of hydrogen-bond acceptors (Lipinski definition) is 4. The summed E-state index contributed by atoms with van der Waals surface area (Å²) in [5.41, 5.74) is 1.33. The number of hydrogen-bond donors (Lipinski definition) is 3. The Morgan fingerprint density at radius 2 is 1.92 bits per heavy atom. The van der Waals surface area contributed by atoms with Gasteiger partial charge in [0.25, 0.3) is 0 Å². The van der Waals surface area contributed by atoms with E-state index in [9.17, 15) is 9.59 Å². The van der Waals surface area contributed by atoms with Gasteiger partial charge in [0.1, 0.15) is 11.8 Å². The quantitative estimate of drug-likeness (QED) is 0.748. The van der Waals surface area contributed by atoms with Gasteiger partial charge in [-0.1, -0.05) is 19.3 Å². The van der Waals surface area contributed by atoms with Gasteiger partial charge in [-0.2, -0.15) is 0 Å². The fraction of sp³-hybridized carbons (Fsp3) is 0.556. The monoisotopic (exact) mass is 333 g/mol. The van der Waals surface area contributed by atoms with Crippen molar-refractivity contribution in [3.8, 4) is 5.75 Å². The maximum atomic E-state index is 12.4.